The van der Waals surface area contributed by atoms with Crippen molar-refractivity contribution in [2.24, 2.45) is 21.7 Å². The molecule has 6 heterocycles. The fourth-order valence-corrected chi connectivity index (χ4v) is 76.3. The van der Waals surface area contributed by atoms with Gasteiger partial charge in [0, 0.05) is 28.6 Å². The van der Waals surface area contributed by atoms with Gasteiger partial charge >= 0.3 is 67.6 Å². The van der Waals surface area contributed by atoms with E-state index in [4.69, 9.17) is 65.9 Å². The molecular formula is C25H44Cl6F3O4P4SSb. The van der Waals surface area contributed by atoms with Gasteiger partial charge in [-0.25, -0.2) is 8.42 Å². The molecular weight excluding hydrogens is 912 g/mol. The third-order valence-corrected chi connectivity index (χ3v) is 49.1. The Balaban J connectivity index is 0.000000294. The zero-order valence-corrected chi connectivity index (χ0v) is 38.9. The molecule has 6 rings (SSSR count). The summed E-state index contributed by atoms with van der Waals surface area (Å²) in [6, 6.07) is 0. The average molecular weight is 956 g/mol. The summed E-state index contributed by atoms with van der Waals surface area (Å²) in [5.74, 6) is 0. The molecule has 4 unspecified atom stereocenters. The van der Waals surface area contributed by atoms with E-state index in [2.05, 4.69) is 96.9 Å². The summed E-state index contributed by atoms with van der Waals surface area (Å²) in [4.78, 5) is 14.1. The summed E-state index contributed by atoms with van der Waals surface area (Å²) in [5.41, 5.74) is -3.65. The third-order valence-electron chi connectivity index (χ3n) is 10.1. The first-order valence-electron chi connectivity index (χ1n) is 13.9. The second-order valence-electron chi connectivity index (χ2n) is 16.4. The van der Waals surface area contributed by atoms with Crippen LogP contribution in [0, 0.1) is 21.7 Å². The molecule has 262 valence electrons. The van der Waals surface area contributed by atoms with Gasteiger partial charge in [0.15, 0.2) is 26.7 Å². The number of carbonyl (C=O) groups excluding carboxylic acids is 1. The van der Waals surface area contributed by atoms with Crippen LogP contribution in [-0.2, 0) is 14.9 Å². The SMILES string of the molecule is CC[P+]12C3(C(C)(C)C)P4C5(C(C)(C)C)P3C1(C(C)(C)C)[P+]5(C(C)=O)C42C(C)(C)C.O=S(=O)([O-])C(F)(F)F.[Cl][Sb-]([Cl])([Cl])([Cl])([Cl])[Cl]. The molecule has 4 nitrogen and oxygen atoms in total. The molecule has 0 saturated carbocycles. The monoisotopic (exact) mass is 952 g/mol. The summed E-state index contributed by atoms with van der Waals surface area (Å²) in [6.07, 6.45) is 1.41. The molecule has 0 radical (unpaired) electrons. The van der Waals surface area contributed by atoms with E-state index in [-0.39, 0.29) is 15.8 Å². The second-order valence-corrected chi connectivity index (χ2v) is 92.5. The number of carbonyl (C=O) groups is 1. The summed E-state index contributed by atoms with van der Waals surface area (Å²) >= 11 is 0. The van der Waals surface area contributed by atoms with Crippen LogP contribution in [0.25, 0.3) is 0 Å². The van der Waals surface area contributed by atoms with Crippen molar-refractivity contribution in [3.8, 4) is 0 Å². The summed E-state index contributed by atoms with van der Waals surface area (Å²) in [7, 11) is 15.9. The molecule has 6 saturated heterocycles. The number of hydrogen-bond donors (Lipinski definition) is 0. The van der Waals surface area contributed by atoms with Crippen molar-refractivity contribution in [2.75, 3.05) is 6.16 Å². The second kappa shape index (κ2) is 9.60. The number of rotatable bonds is 2. The van der Waals surface area contributed by atoms with E-state index in [1.165, 1.54) is 6.16 Å². The predicted octanol–water partition coefficient (Wildman–Crippen LogP) is 13.2. The predicted molar refractivity (Wildman–Crippen MR) is 194 cm³/mol. The molecule has 0 aliphatic carbocycles. The summed E-state index contributed by atoms with van der Waals surface area (Å²) in [5, 5.41) is 0. The van der Waals surface area contributed by atoms with Gasteiger partial charge in [-0.1, -0.05) is 83.1 Å². The van der Waals surface area contributed by atoms with Gasteiger partial charge in [0.2, 0.25) is 9.28 Å². The Morgan fingerprint density at radius 1 is 0.727 bits per heavy atom. The van der Waals surface area contributed by atoms with Crippen molar-refractivity contribution in [1.82, 2.24) is 0 Å². The molecule has 0 aromatic carbocycles. The number of alkyl halides is 3. The number of halogens is 9. The molecule has 0 N–H and O–H groups in total. The van der Waals surface area contributed by atoms with Gasteiger partial charge in [-0.2, -0.15) is 13.2 Å². The zero-order valence-electron chi connectivity index (χ0n) is 27.4. The first-order chi connectivity index (χ1) is 18.4. The van der Waals surface area contributed by atoms with Gasteiger partial charge in [0.25, 0.3) is 5.52 Å². The zero-order chi connectivity index (χ0) is 35.8. The summed E-state index contributed by atoms with van der Waals surface area (Å²) in [6.45, 7) is 35.3. The van der Waals surface area contributed by atoms with Gasteiger partial charge in [0.05, 0.1) is 22.0 Å². The van der Waals surface area contributed by atoms with Crippen LogP contribution >= 0.6 is 83.3 Å². The van der Waals surface area contributed by atoms with Gasteiger partial charge in [-0.3, -0.25) is 4.79 Å². The van der Waals surface area contributed by atoms with Gasteiger partial charge in [-0.05, 0) is 6.92 Å². The van der Waals surface area contributed by atoms with E-state index >= 15 is 0 Å². The van der Waals surface area contributed by atoms with Gasteiger partial charge < -0.3 is 4.55 Å². The van der Waals surface area contributed by atoms with Gasteiger partial charge in [0.1, 0.15) is 7.26 Å². The van der Waals surface area contributed by atoms with Crippen molar-refractivity contribution in [1.29, 1.82) is 0 Å². The first kappa shape index (κ1) is 42.1. The topological polar surface area (TPSA) is 74.3 Å². The van der Waals surface area contributed by atoms with Gasteiger partial charge in [-0.15, -0.1) is 0 Å². The number of hydrogen-bond acceptors (Lipinski definition) is 4. The Morgan fingerprint density at radius 3 is 1.11 bits per heavy atom. The molecule has 19 heteroatoms. The normalized spacial score (nSPS) is 43.4. The van der Waals surface area contributed by atoms with Crippen LogP contribution in [0.15, 0.2) is 0 Å². The molecule has 6 aliphatic rings. The van der Waals surface area contributed by atoms with E-state index < -0.39 is 39.3 Å². The van der Waals surface area contributed by atoms with Crippen LogP contribution in [0.1, 0.15) is 96.9 Å². The van der Waals surface area contributed by atoms with Crippen LogP contribution in [0.5, 0.6) is 0 Å². The van der Waals surface area contributed by atoms with Crippen molar-refractivity contribution in [3.63, 3.8) is 0 Å². The Hall–Kier alpha value is 3.65. The molecule has 0 aromatic rings. The molecule has 6 fully saturated rings. The minimum absolute atomic E-state index is 0.0476. The van der Waals surface area contributed by atoms with E-state index in [9.17, 15) is 18.0 Å². The molecule has 44 heavy (non-hydrogen) atoms. The standard InChI is InChI=1S/C24H44OP4.CHF3O3S.6ClH.Sb/c1-15-28-21(17(3,4)5)26-22(18(6,7)8)27(21)24(28,20(12,13)14)29(22,16(2)25)23(26,28)19(9,10)11;2-1(3,4)8(5,6)7;;;;;;;/h15H2,1-14H3;(H,5,6,7);6*1H;/q+2;;;;;;;;+5/p-7. The average Bonchev–Trinajstić information content (AvgIpc) is 2.64. The maximum absolute atomic E-state index is 14.1. The van der Waals surface area contributed by atoms with Crippen LogP contribution < -0.4 is 0 Å². The fraction of sp³-hybridized carbons (Fsp3) is 0.960. The molecule has 0 spiro atoms. The molecule has 4 atom stereocenters. The Kier molecular flexibility index (Phi) is 9.17. The van der Waals surface area contributed by atoms with E-state index in [1.54, 1.807) is 0 Å². The fourth-order valence-electron chi connectivity index (χ4n) is 10.9. The quantitative estimate of drug-likeness (QED) is 0.120. The third kappa shape index (κ3) is 4.17. The molecule has 0 aromatic heterocycles. The van der Waals surface area contributed by atoms with E-state index in [1.807, 2.05) is 0 Å². The Labute approximate surface area is 285 Å². The van der Waals surface area contributed by atoms with Crippen molar-refractivity contribution < 1.29 is 30.9 Å². The van der Waals surface area contributed by atoms with Crippen LogP contribution in [0.4, 0.5) is 13.2 Å². The Morgan fingerprint density at radius 2 is 0.977 bits per heavy atom. The summed E-state index contributed by atoms with van der Waals surface area (Å²) < 4.78 is 61.0. The van der Waals surface area contributed by atoms with E-state index in [0.29, 0.717) is 45.7 Å². The molecule has 0 bridgehead atoms. The Bertz CT molecular complexity index is 1380. The van der Waals surface area contributed by atoms with Crippen molar-refractivity contribution in [2.45, 2.75) is 121 Å². The van der Waals surface area contributed by atoms with Crippen LogP contribution in [0.3, 0.4) is 0 Å². The van der Waals surface area contributed by atoms with Crippen LogP contribution in [-0.4, -0.2) is 57.9 Å². The maximum atomic E-state index is 14.1. The minimum atomic E-state index is -6.09. The molecule has 0 amide bonds. The first-order valence-corrected chi connectivity index (χ1v) is 41.2. The van der Waals surface area contributed by atoms with Crippen molar-refractivity contribution in [3.05, 3.63) is 0 Å². The molecule has 6 aliphatic heterocycles. The van der Waals surface area contributed by atoms with Crippen molar-refractivity contribution >= 4 is 108 Å². The van der Waals surface area contributed by atoms with Crippen LogP contribution in [0.2, 0.25) is 0 Å². The van der Waals surface area contributed by atoms with E-state index in [0.717, 1.165) is 0 Å².